The molecule has 2 aliphatic rings. The van der Waals surface area contributed by atoms with Gasteiger partial charge in [0.15, 0.2) is 0 Å². The Hall–Kier alpha value is -1.57. The number of allylic oxidation sites excluding steroid dienone is 4. The van der Waals surface area contributed by atoms with Crippen LogP contribution in [0.5, 0.6) is 0 Å². The molecule has 0 atom stereocenters. The molecule has 1 N–H and O–H groups in total. The minimum atomic E-state index is -0.148. The van der Waals surface area contributed by atoms with Gasteiger partial charge in [0.2, 0.25) is 0 Å². The summed E-state index contributed by atoms with van der Waals surface area (Å²) in [6, 6.07) is 7.13. The minimum absolute atomic E-state index is 0.0263. The highest BCUT2D eigenvalue weighted by Crippen LogP contribution is 2.47. The van der Waals surface area contributed by atoms with Crippen LogP contribution in [0.25, 0.3) is 0 Å². The minimum Gasteiger partial charge on any atom is -0.512 e. The third-order valence-corrected chi connectivity index (χ3v) is 5.05. The van der Waals surface area contributed by atoms with E-state index < -0.39 is 0 Å². The number of halogens is 1. The van der Waals surface area contributed by atoms with E-state index >= 15 is 0 Å². The van der Waals surface area contributed by atoms with Crippen molar-refractivity contribution >= 4 is 0 Å². The highest BCUT2D eigenvalue weighted by molar-refractivity contribution is 5.39. The maximum atomic E-state index is 13.7. The second-order valence-electron chi connectivity index (χ2n) is 6.36. The lowest BCUT2D eigenvalue weighted by Crippen LogP contribution is -2.31. The van der Waals surface area contributed by atoms with E-state index in [2.05, 4.69) is 12.1 Å². The summed E-state index contributed by atoms with van der Waals surface area (Å²) in [5.41, 5.74) is 2.46. The Balaban J connectivity index is 0.000000924. The van der Waals surface area contributed by atoms with Crippen molar-refractivity contribution in [2.24, 2.45) is 0 Å². The third-order valence-electron chi connectivity index (χ3n) is 5.05. The highest BCUT2D eigenvalue weighted by Gasteiger charge is 2.37. The molecule has 126 valence electrons. The molecule has 0 aromatic heterocycles. The largest absolute Gasteiger partial charge is 0.512 e. The van der Waals surface area contributed by atoms with E-state index in [1.165, 1.54) is 30.9 Å². The molecule has 1 saturated carbocycles. The zero-order chi connectivity index (χ0) is 16.7. The van der Waals surface area contributed by atoms with Crippen molar-refractivity contribution in [1.29, 1.82) is 0 Å². The molecule has 0 amide bonds. The summed E-state index contributed by atoms with van der Waals surface area (Å²) in [7, 11) is 0. The molecule has 1 fully saturated rings. The van der Waals surface area contributed by atoms with Gasteiger partial charge in [-0.15, -0.1) is 0 Å². The van der Waals surface area contributed by atoms with Crippen LogP contribution < -0.4 is 0 Å². The Morgan fingerprint density at radius 2 is 1.70 bits per heavy atom. The van der Waals surface area contributed by atoms with Gasteiger partial charge in [0, 0.05) is 11.8 Å². The molecule has 2 aliphatic carbocycles. The molecule has 0 bridgehead atoms. The van der Waals surface area contributed by atoms with E-state index in [1.54, 1.807) is 6.07 Å². The first-order valence-electron chi connectivity index (χ1n) is 9.06. The third kappa shape index (κ3) is 4.04. The summed E-state index contributed by atoms with van der Waals surface area (Å²) >= 11 is 0. The molecular formula is C21H29FO. The van der Waals surface area contributed by atoms with Crippen molar-refractivity contribution < 1.29 is 9.50 Å². The van der Waals surface area contributed by atoms with Crippen LogP contribution in [0.1, 0.15) is 70.8 Å². The molecule has 3 rings (SSSR count). The topological polar surface area (TPSA) is 20.2 Å². The van der Waals surface area contributed by atoms with E-state index in [9.17, 15) is 9.50 Å². The Labute approximate surface area is 139 Å². The number of hydrogen-bond acceptors (Lipinski definition) is 1. The molecule has 0 aliphatic heterocycles. The Kier molecular flexibility index (Phi) is 6.44. The molecular weight excluding hydrogens is 287 g/mol. The van der Waals surface area contributed by atoms with Gasteiger partial charge in [-0.3, -0.25) is 0 Å². The second kappa shape index (κ2) is 8.33. The zero-order valence-corrected chi connectivity index (χ0v) is 14.4. The second-order valence-corrected chi connectivity index (χ2v) is 6.36. The number of aliphatic hydroxyl groups excluding tert-OH is 1. The van der Waals surface area contributed by atoms with Crippen molar-refractivity contribution in [3.05, 3.63) is 59.1 Å². The number of rotatable bonds is 2. The quantitative estimate of drug-likeness (QED) is 0.651. The summed E-state index contributed by atoms with van der Waals surface area (Å²) in [6.07, 6.45) is 12.5. The lowest BCUT2D eigenvalue weighted by molar-refractivity contribution is 0.328. The van der Waals surface area contributed by atoms with Crippen molar-refractivity contribution in [1.82, 2.24) is 0 Å². The van der Waals surface area contributed by atoms with E-state index in [1.807, 2.05) is 26.0 Å². The summed E-state index contributed by atoms with van der Waals surface area (Å²) in [6.45, 7) is 4.00. The molecule has 2 heteroatoms. The molecule has 1 nitrogen and oxygen atoms in total. The molecule has 23 heavy (non-hydrogen) atoms. The van der Waals surface area contributed by atoms with Crippen molar-refractivity contribution in [2.45, 2.75) is 70.6 Å². The summed E-state index contributed by atoms with van der Waals surface area (Å²) in [4.78, 5) is 0. The Morgan fingerprint density at radius 3 is 2.39 bits per heavy atom. The number of aliphatic hydroxyl groups is 1. The fourth-order valence-corrected chi connectivity index (χ4v) is 3.96. The van der Waals surface area contributed by atoms with Crippen LogP contribution >= 0.6 is 0 Å². The highest BCUT2D eigenvalue weighted by atomic mass is 19.1. The van der Waals surface area contributed by atoms with Crippen molar-refractivity contribution in [3.63, 3.8) is 0 Å². The first kappa shape index (κ1) is 17.8. The zero-order valence-electron chi connectivity index (χ0n) is 14.4. The van der Waals surface area contributed by atoms with Gasteiger partial charge in [-0.1, -0.05) is 56.9 Å². The van der Waals surface area contributed by atoms with Gasteiger partial charge in [0.1, 0.15) is 5.82 Å². The molecule has 0 heterocycles. The lowest BCUT2D eigenvalue weighted by atomic mass is 9.64. The molecule has 1 aromatic carbocycles. The van der Waals surface area contributed by atoms with Crippen LogP contribution in [0.15, 0.2) is 47.7 Å². The van der Waals surface area contributed by atoms with Crippen molar-refractivity contribution in [2.75, 3.05) is 0 Å². The Bertz CT molecular complexity index is 565. The molecule has 0 saturated heterocycles. The summed E-state index contributed by atoms with van der Waals surface area (Å²) in [5, 5.41) is 9.76. The number of benzene rings is 1. The Morgan fingerprint density at radius 1 is 0.957 bits per heavy atom. The van der Waals surface area contributed by atoms with Crippen LogP contribution in [0.4, 0.5) is 4.39 Å². The fourth-order valence-electron chi connectivity index (χ4n) is 3.96. The monoisotopic (exact) mass is 316 g/mol. The average Bonchev–Trinajstić information content (AvgIpc) is 2.82. The average molecular weight is 316 g/mol. The first-order valence-corrected chi connectivity index (χ1v) is 9.06. The van der Waals surface area contributed by atoms with E-state index in [4.69, 9.17) is 0 Å². The van der Waals surface area contributed by atoms with Gasteiger partial charge in [0.25, 0.3) is 0 Å². The van der Waals surface area contributed by atoms with Crippen molar-refractivity contribution in [3.8, 4) is 0 Å². The predicted molar refractivity (Wildman–Crippen MR) is 95.2 cm³/mol. The standard InChI is InChI=1S/C19H23FO.C2H6/c20-17-8-4-7-16(14-17)19(12-2-1-3-13-19)15-6-5-9-18(21)11-10-15;1-2/h4,7-8,10-11,14,21H,1-3,5-6,9,12-13H2;1-2H3. The van der Waals surface area contributed by atoms with Gasteiger partial charge in [0.05, 0.1) is 5.76 Å². The van der Waals surface area contributed by atoms with E-state index in [0.717, 1.165) is 37.7 Å². The van der Waals surface area contributed by atoms with E-state index in [0.29, 0.717) is 5.76 Å². The van der Waals surface area contributed by atoms with Gasteiger partial charge in [-0.2, -0.15) is 0 Å². The maximum Gasteiger partial charge on any atom is 0.123 e. The molecule has 1 aromatic rings. The molecule has 0 radical (unpaired) electrons. The van der Waals surface area contributed by atoms with Gasteiger partial charge < -0.3 is 5.11 Å². The first-order chi connectivity index (χ1) is 11.2. The maximum absolute atomic E-state index is 13.7. The van der Waals surface area contributed by atoms with E-state index in [-0.39, 0.29) is 11.2 Å². The van der Waals surface area contributed by atoms with Crippen LogP contribution in [0.2, 0.25) is 0 Å². The normalized spacial score (nSPS) is 20.5. The van der Waals surface area contributed by atoms with Crippen LogP contribution in [0.3, 0.4) is 0 Å². The van der Waals surface area contributed by atoms with Gasteiger partial charge in [-0.05, 0) is 49.5 Å². The van der Waals surface area contributed by atoms with Crippen LogP contribution in [-0.2, 0) is 5.41 Å². The smallest absolute Gasteiger partial charge is 0.123 e. The lowest BCUT2D eigenvalue weighted by Gasteiger charge is -2.40. The number of hydrogen-bond donors (Lipinski definition) is 1. The molecule has 0 unspecified atom stereocenters. The van der Waals surface area contributed by atoms with Crippen LogP contribution in [0, 0.1) is 5.82 Å². The van der Waals surface area contributed by atoms with Gasteiger partial charge in [-0.25, -0.2) is 4.39 Å². The molecule has 0 spiro atoms. The summed E-state index contributed by atoms with van der Waals surface area (Å²) < 4.78 is 13.7. The fraction of sp³-hybridized carbons (Fsp3) is 0.524. The SMILES string of the molecule is CC.OC1=CC=C(C2(c3cccc(F)c3)CCCCC2)CCC1. The predicted octanol–water partition coefficient (Wildman–Crippen LogP) is 6.61. The van der Waals surface area contributed by atoms with Gasteiger partial charge >= 0.3 is 0 Å². The van der Waals surface area contributed by atoms with Crippen LogP contribution in [-0.4, -0.2) is 5.11 Å². The summed E-state index contributed by atoms with van der Waals surface area (Å²) in [5.74, 6) is 0.320.